The quantitative estimate of drug-likeness (QED) is 0.816. The lowest BCUT2D eigenvalue weighted by Crippen LogP contribution is -2.35. The predicted molar refractivity (Wildman–Crippen MR) is 71.6 cm³/mol. The monoisotopic (exact) mass is 253 g/mol. The average Bonchev–Trinajstić information content (AvgIpc) is 2.95. The van der Waals surface area contributed by atoms with Gasteiger partial charge in [0.25, 0.3) is 0 Å². The standard InChI is InChI=1S/C15H27NO2/c1-12-10-15(17,11-16(12)13-6-7-13)8-2-4-14-5-3-9-18-14/h12-14,17H,2-11H2,1H3. The average molecular weight is 253 g/mol. The highest BCUT2D eigenvalue weighted by Gasteiger charge is 2.45. The van der Waals surface area contributed by atoms with Gasteiger partial charge in [0.15, 0.2) is 0 Å². The van der Waals surface area contributed by atoms with Crippen LogP contribution >= 0.6 is 0 Å². The van der Waals surface area contributed by atoms with Crippen molar-refractivity contribution in [2.75, 3.05) is 13.2 Å². The number of aliphatic hydroxyl groups is 1. The van der Waals surface area contributed by atoms with Crippen LogP contribution in [0.15, 0.2) is 0 Å². The van der Waals surface area contributed by atoms with Gasteiger partial charge in [-0.05, 0) is 58.3 Å². The lowest BCUT2D eigenvalue weighted by molar-refractivity contribution is 0.0308. The molecule has 3 rings (SSSR count). The first-order chi connectivity index (χ1) is 8.66. The summed E-state index contributed by atoms with van der Waals surface area (Å²) in [6.45, 7) is 4.13. The maximum absolute atomic E-state index is 10.7. The third kappa shape index (κ3) is 2.89. The van der Waals surface area contributed by atoms with Crippen LogP contribution in [0.3, 0.4) is 0 Å². The molecule has 1 N–H and O–H groups in total. The zero-order chi connectivity index (χ0) is 12.6. The molecule has 3 heteroatoms. The highest BCUT2D eigenvalue weighted by molar-refractivity contribution is 5.00. The van der Waals surface area contributed by atoms with Gasteiger partial charge in [0.05, 0.1) is 11.7 Å². The number of hydrogen-bond acceptors (Lipinski definition) is 3. The molecule has 0 bridgehead atoms. The largest absolute Gasteiger partial charge is 0.388 e. The van der Waals surface area contributed by atoms with Gasteiger partial charge >= 0.3 is 0 Å². The minimum atomic E-state index is -0.416. The Bertz CT molecular complexity index is 286. The van der Waals surface area contributed by atoms with Crippen LogP contribution in [0.2, 0.25) is 0 Å². The van der Waals surface area contributed by atoms with Gasteiger partial charge in [-0.1, -0.05) is 0 Å². The maximum atomic E-state index is 10.7. The number of β-amino-alcohol motifs (C(OH)–C–C–N with tert-alkyl or cyclic N) is 1. The molecule has 2 aliphatic heterocycles. The highest BCUT2D eigenvalue weighted by Crippen LogP contribution is 2.39. The molecule has 1 saturated carbocycles. The van der Waals surface area contributed by atoms with Crippen molar-refractivity contribution in [3.05, 3.63) is 0 Å². The zero-order valence-electron chi connectivity index (χ0n) is 11.6. The molecule has 2 saturated heterocycles. The summed E-state index contributed by atoms with van der Waals surface area (Å²) in [5.74, 6) is 0. The van der Waals surface area contributed by atoms with Crippen molar-refractivity contribution in [1.82, 2.24) is 4.90 Å². The van der Waals surface area contributed by atoms with Crippen LogP contribution in [0, 0.1) is 0 Å². The van der Waals surface area contributed by atoms with Gasteiger partial charge in [-0.25, -0.2) is 0 Å². The van der Waals surface area contributed by atoms with Crippen LogP contribution < -0.4 is 0 Å². The van der Waals surface area contributed by atoms with E-state index in [0.717, 1.165) is 44.9 Å². The smallest absolute Gasteiger partial charge is 0.0789 e. The summed E-state index contributed by atoms with van der Waals surface area (Å²) < 4.78 is 5.65. The van der Waals surface area contributed by atoms with Crippen molar-refractivity contribution in [2.24, 2.45) is 0 Å². The van der Waals surface area contributed by atoms with E-state index in [-0.39, 0.29) is 0 Å². The second-order valence-corrected chi connectivity index (χ2v) is 6.71. The van der Waals surface area contributed by atoms with E-state index < -0.39 is 5.60 Å². The van der Waals surface area contributed by atoms with Crippen LogP contribution in [0.25, 0.3) is 0 Å². The number of hydrogen-bond donors (Lipinski definition) is 1. The van der Waals surface area contributed by atoms with E-state index in [9.17, 15) is 5.11 Å². The number of ether oxygens (including phenoxy) is 1. The first-order valence-electron chi connectivity index (χ1n) is 7.76. The van der Waals surface area contributed by atoms with Crippen LogP contribution in [0.4, 0.5) is 0 Å². The Morgan fingerprint density at radius 2 is 2.17 bits per heavy atom. The molecule has 2 heterocycles. The molecule has 3 fully saturated rings. The van der Waals surface area contributed by atoms with E-state index >= 15 is 0 Å². The van der Waals surface area contributed by atoms with E-state index in [1.165, 1.54) is 25.7 Å². The molecule has 3 aliphatic rings. The number of nitrogens with zero attached hydrogens (tertiary/aromatic N) is 1. The van der Waals surface area contributed by atoms with E-state index in [4.69, 9.17) is 4.74 Å². The lowest BCUT2D eigenvalue weighted by Gasteiger charge is -2.24. The Morgan fingerprint density at radius 3 is 2.83 bits per heavy atom. The SMILES string of the molecule is CC1CC(O)(CCCC2CCCO2)CN1C1CC1. The van der Waals surface area contributed by atoms with E-state index in [1.807, 2.05) is 0 Å². The minimum Gasteiger partial charge on any atom is -0.388 e. The fraction of sp³-hybridized carbons (Fsp3) is 1.00. The predicted octanol–water partition coefficient (Wildman–Crippen LogP) is 2.32. The molecule has 3 atom stereocenters. The minimum absolute atomic E-state index is 0.416. The Kier molecular flexibility index (Phi) is 3.65. The first kappa shape index (κ1) is 12.9. The van der Waals surface area contributed by atoms with Crippen LogP contribution in [0.5, 0.6) is 0 Å². The molecule has 104 valence electrons. The third-order valence-electron chi connectivity index (χ3n) is 4.93. The Labute approximate surface area is 110 Å². The van der Waals surface area contributed by atoms with Gasteiger partial charge in [0.2, 0.25) is 0 Å². The zero-order valence-corrected chi connectivity index (χ0v) is 11.6. The molecule has 0 aromatic rings. The highest BCUT2D eigenvalue weighted by atomic mass is 16.5. The fourth-order valence-corrected chi connectivity index (χ4v) is 3.83. The number of likely N-dealkylation sites (tertiary alicyclic amines) is 1. The van der Waals surface area contributed by atoms with Gasteiger partial charge < -0.3 is 9.84 Å². The summed E-state index contributed by atoms with van der Waals surface area (Å²) in [7, 11) is 0. The van der Waals surface area contributed by atoms with E-state index in [1.54, 1.807) is 0 Å². The lowest BCUT2D eigenvalue weighted by atomic mass is 9.93. The summed E-state index contributed by atoms with van der Waals surface area (Å²) in [4.78, 5) is 2.53. The Balaban J connectivity index is 1.43. The second kappa shape index (κ2) is 5.10. The van der Waals surface area contributed by atoms with Gasteiger partial charge in [-0.2, -0.15) is 0 Å². The van der Waals surface area contributed by atoms with Crippen molar-refractivity contribution in [2.45, 2.75) is 82.1 Å². The third-order valence-corrected chi connectivity index (χ3v) is 4.93. The van der Waals surface area contributed by atoms with Gasteiger partial charge in [0, 0.05) is 25.2 Å². The van der Waals surface area contributed by atoms with Gasteiger partial charge in [-0.15, -0.1) is 0 Å². The molecule has 0 radical (unpaired) electrons. The van der Waals surface area contributed by atoms with E-state index in [0.29, 0.717) is 12.1 Å². The topological polar surface area (TPSA) is 32.7 Å². The van der Waals surface area contributed by atoms with Crippen LogP contribution in [0.1, 0.15) is 58.3 Å². The van der Waals surface area contributed by atoms with Crippen molar-refractivity contribution in [3.8, 4) is 0 Å². The van der Waals surface area contributed by atoms with Gasteiger partial charge in [-0.3, -0.25) is 4.90 Å². The van der Waals surface area contributed by atoms with Crippen molar-refractivity contribution >= 4 is 0 Å². The molecule has 18 heavy (non-hydrogen) atoms. The summed E-state index contributed by atoms with van der Waals surface area (Å²) in [6.07, 6.45) is 9.80. The van der Waals surface area contributed by atoms with Crippen molar-refractivity contribution in [1.29, 1.82) is 0 Å². The van der Waals surface area contributed by atoms with Crippen molar-refractivity contribution < 1.29 is 9.84 Å². The molecule has 0 amide bonds. The molecular weight excluding hydrogens is 226 g/mol. The molecule has 0 aromatic heterocycles. The maximum Gasteiger partial charge on any atom is 0.0789 e. The first-order valence-corrected chi connectivity index (χ1v) is 7.76. The Hall–Kier alpha value is -0.120. The number of rotatable bonds is 5. The molecule has 0 aromatic carbocycles. The van der Waals surface area contributed by atoms with Crippen LogP contribution in [-0.4, -0.2) is 46.9 Å². The van der Waals surface area contributed by atoms with E-state index in [2.05, 4.69) is 11.8 Å². The summed E-state index contributed by atoms with van der Waals surface area (Å²) >= 11 is 0. The summed E-state index contributed by atoms with van der Waals surface area (Å²) in [5.41, 5.74) is -0.416. The van der Waals surface area contributed by atoms with Gasteiger partial charge in [0.1, 0.15) is 0 Å². The summed E-state index contributed by atoms with van der Waals surface area (Å²) in [5, 5.41) is 10.7. The van der Waals surface area contributed by atoms with Crippen molar-refractivity contribution in [3.63, 3.8) is 0 Å². The molecular formula is C15H27NO2. The fourth-order valence-electron chi connectivity index (χ4n) is 3.83. The molecule has 3 unspecified atom stereocenters. The van der Waals surface area contributed by atoms with Crippen LogP contribution in [-0.2, 0) is 4.74 Å². The molecule has 1 aliphatic carbocycles. The second-order valence-electron chi connectivity index (χ2n) is 6.71. The summed E-state index contributed by atoms with van der Waals surface area (Å²) in [6, 6.07) is 1.36. The molecule has 0 spiro atoms. The molecule has 3 nitrogen and oxygen atoms in total. The normalized spacial score (nSPS) is 41.7. The Morgan fingerprint density at radius 1 is 1.33 bits per heavy atom.